The van der Waals surface area contributed by atoms with E-state index in [9.17, 15) is 13.2 Å². The molecule has 1 amide bonds. The van der Waals surface area contributed by atoms with Gasteiger partial charge in [-0.2, -0.15) is 4.31 Å². The maximum absolute atomic E-state index is 13.0. The summed E-state index contributed by atoms with van der Waals surface area (Å²) < 4.78 is 32.8. The van der Waals surface area contributed by atoms with Gasteiger partial charge in [0.1, 0.15) is 5.76 Å². The van der Waals surface area contributed by atoms with Crippen LogP contribution in [-0.4, -0.2) is 31.7 Å². The van der Waals surface area contributed by atoms with Crippen LogP contribution in [0, 0.1) is 6.92 Å². The van der Waals surface area contributed by atoms with Crippen LogP contribution in [0.4, 0.5) is 0 Å². The van der Waals surface area contributed by atoms with Gasteiger partial charge in [-0.3, -0.25) is 4.79 Å². The predicted molar refractivity (Wildman–Crippen MR) is 98.4 cm³/mol. The third kappa shape index (κ3) is 3.83. The highest BCUT2D eigenvalue weighted by Crippen LogP contribution is 2.24. The molecule has 1 aromatic heterocycles. The van der Waals surface area contributed by atoms with E-state index < -0.39 is 10.0 Å². The second-order valence-electron chi connectivity index (χ2n) is 6.66. The molecule has 0 saturated carbocycles. The maximum Gasteiger partial charge on any atom is 0.251 e. The molecule has 1 aliphatic rings. The summed E-state index contributed by atoms with van der Waals surface area (Å²) in [6.45, 7) is 4.64. The molecule has 1 fully saturated rings. The van der Waals surface area contributed by atoms with Gasteiger partial charge in [-0.05, 0) is 56.5 Å². The molecular weight excluding hydrogens is 352 g/mol. The number of carbonyl (C=O) groups is 1. The Morgan fingerprint density at radius 2 is 1.92 bits per heavy atom. The summed E-state index contributed by atoms with van der Waals surface area (Å²) in [5.74, 6) is 0.315. The van der Waals surface area contributed by atoms with Crippen LogP contribution in [0.5, 0.6) is 0 Å². The van der Waals surface area contributed by atoms with Crippen molar-refractivity contribution in [3.8, 4) is 0 Å². The fourth-order valence-electron chi connectivity index (χ4n) is 3.15. The molecule has 0 bridgehead atoms. The SMILES string of the molecule is Cc1ccc(C(=O)N[C@@H](C)c2ccco2)cc1S(=O)(=O)N1CCCCC1. The summed E-state index contributed by atoms with van der Waals surface area (Å²) in [4.78, 5) is 12.8. The number of aryl methyl sites for hydroxylation is 1. The first kappa shape index (κ1) is 18.7. The van der Waals surface area contributed by atoms with E-state index in [1.807, 2.05) is 6.92 Å². The molecule has 0 aliphatic carbocycles. The Bertz CT molecular complexity index is 869. The van der Waals surface area contributed by atoms with Crippen LogP contribution >= 0.6 is 0 Å². The van der Waals surface area contributed by atoms with Crippen molar-refractivity contribution in [3.63, 3.8) is 0 Å². The van der Waals surface area contributed by atoms with Gasteiger partial charge in [0, 0.05) is 18.7 Å². The van der Waals surface area contributed by atoms with Gasteiger partial charge in [0.05, 0.1) is 17.2 Å². The van der Waals surface area contributed by atoms with Gasteiger partial charge in [-0.1, -0.05) is 12.5 Å². The molecule has 26 heavy (non-hydrogen) atoms. The minimum Gasteiger partial charge on any atom is -0.467 e. The van der Waals surface area contributed by atoms with Gasteiger partial charge in [0.15, 0.2) is 0 Å². The van der Waals surface area contributed by atoms with Gasteiger partial charge in [-0.25, -0.2) is 8.42 Å². The first-order chi connectivity index (χ1) is 12.4. The predicted octanol–water partition coefficient (Wildman–Crippen LogP) is 3.25. The Hall–Kier alpha value is -2.12. The van der Waals surface area contributed by atoms with Gasteiger partial charge in [0.25, 0.3) is 5.91 Å². The highest BCUT2D eigenvalue weighted by atomic mass is 32.2. The monoisotopic (exact) mass is 376 g/mol. The third-order valence-electron chi connectivity index (χ3n) is 4.70. The lowest BCUT2D eigenvalue weighted by atomic mass is 10.1. The van der Waals surface area contributed by atoms with E-state index in [4.69, 9.17) is 4.42 Å². The van der Waals surface area contributed by atoms with Crippen molar-refractivity contribution in [2.45, 2.75) is 44.0 Å². The molecule has 1 saturated heterocycles. The highest BCUT2D eigenvalue weighted by Gasteiger charge is 2.28. The number of amides is 1. The zero-order chi connectivity index (χ0) is 18.7. The third-order valence-corrected chi connectivity index (χ3v) is 6.74. The molecule has 3 rings (SSSR count). The van der Waals surface area contributed by atoms with Crippen LogP contribution in [0.2, 0.25) is 0 Å². The average molecular weight is 376 g/mol. The van der Waals surface area contributed by atoms with Gasteiger partial charge < -0.3 is 9.73 Å². The summed E-state index contributed by atoms with van der Waals surface area (Å²) in [5, 5.41) is 2.84. The Morgan fingerprint density at radius 3 is 2.58 bits per heavy atom. The molecule has 0 unspecified atom stereocenters. The van der Waals surface area contributed by atoms with Crippen molar-refractivity contribution < 1.29 is 17.6 Å². The highest BCUT2D eigenvalue weighted by molar-refractivity contribution is 7.89. The topological polar surface area (TPSA) is 79.6 Å². The fraction of sp³-hybridized carbons (Fsp3) is 0.421. The number of piperidine rings is 1. The number of carbonyl (C=O) groups excluding carboxylic acids is 1. The number of rotatable bonds is 5. The van der Waals surface area contributed by atoms with Crippen molar-refractivity contribution in [2.24, 2.45) is 0 Å². The fourth-order valence-corrected chi connectivity index (χ4v) is 4.92. The van der Waals surface area contributed by atoms with Crippen molar-refractivity contribution >= 4 is 15.9 Å². The summed E-state index contributed by atoms with van der Waals surface area (Å²) in [5.41, 5.74) is 0.968. The standard InChI is InChI=1S/C19H24N2O4S/c1-14-8-9-16(19(22)20-15(2)17-7-6-12-25-17)13-18(14)26(23,24)21-10-4-3-5-11-21/h6-9,12-13,15H,3-5,10-11H2,1-2H3,(H,20,22)/t15-/m0/s1. The lowest BCUT2D eigenvalue weighted by Gasteiger charge is -2.26. The number of hydrogen-bond acceptors (Lipinski definition) is 4. The number of nitrogens with zero attached hydrogens (tertiary/aromatic N) is 1. The van der Waals surface area contributed by atoms with Gasteiger partial charge in [-0.15, -0.1) is 0 Å². The molecule has 2 aromatic rings. The first-order valence-corrected chi connectivity index (χ1v) is 10.3. The second-order valence-corrected chi connectivity index (χ2v) is 8.56. The summed E-state index contributed by atoms with van der Waals surface area (Å²) in [7, 11) is -3.59. The second kappa shape index (κ2) is 7.63. The lowest BCUT2D eigenvalue weighted by Crippen LogP contribution is -2.36. The van der Waals surface area contributed by atoms with E-state index in [1.54, 1.807) is 37.5 Å². The summed E-state index contributed by atoms with van der Waals surface area (Å²) in [6.07, 6.45) is 4.35. The van der Waals surface area contributed by atoms with Crippen LogP contribution in [0.1, 0.15) is 53.9 Å². The number of hydrogen-bond donors (Lipinski definition) is 1. The zero-order valence-corrected chi connectivity index (χ0v) is 15.9. The van der Waals surface area contributed by atoms with Gasteiger partial charge in [0.2, 0.25) is 10.0 Å². The van der Waals surface area contributed by atoms with Gasteiger partial charge >= 0.3 is 0 Å². The van der Waals surface area contributed by atoms with Crippen LogP contribution in [-0.2, 0) is 10.0 Å². The normalized spacial score (nSPS) is 17.0. The maximum atomic E-state index is 13.0. The lowest BCUT2D eigenvalue weighted by molar-refractivity contribution is 0.0935. The Labute approximate surface area is 154 Å². The van der Waals surface area contributed by atoms with E-state index in [1.165, 1.54) is 10.4 Å². The molecule has 2 heterocycles. The summed E-state index contributed by atoms with van der Waals surface area (Å²) in [6, 6.07) is 8.04. The Kier molecular flexibility index (Phi) is 5.48. The average Bonchev–Trinajstić information content (AvgIpc) is 3.17. The molecule has 1 aromatic carbocycles. The van der Waals surface area contributed by atoms with E-state index >= 15 is 0 Å². The number of furan rings is 1. The van der Waals surface area contributed by atoms with E-state index in [2.05, 4.69) is 5.32 Å². The minimum atomic E-state index is -3.59. The Balaban J connectivity index is 1.84. The molecule has 140 valence electrons. The van der Waals surface area contributed by atoms with Crippen LogP contribution < -0.4 is 5.32 Å². The van der Waals surface area contributed by atoms with Crippen molar-refractivity contribution in [3.05, 3.63) is 53.5 Å². The van der Waals surface area contributed by atoms with E-state index in [0.717, 1.165) is 19.3 Å². The van der Waals surface area contributed by atoms with E-state index in [0.29, 0.717) is 30.0 Å². The molecule has 1 atom stereocenters. The largest absolute Gasteiger partial charge is 0.467 e. The minimum absolute atomic E-state index is 0.206. The first-order valence-electron chi connectivity index (χ1n) is 8.84. The zero-order valence-electron chi connectivity index (χ0n) is 15.1. The molecule has 0 spiro atoms. The molecule has 1 aliphatic heterocycles. The molecule has 1 N–H and O–H groups in total. The summed E-state index contributed by atoms with van der Waals surface area (Å²) >= 11 is 0. The van der Waals surface area contributed by atoms with Crippen LogP contribution in [0.15, 0.2) is 45.9 Å². The quantitative estimate of drug-likeness (QED) is 0.869. The number of nitrogens with one attached hydrogen (secondary N) is 1. The molecule has 6 nitrogen and oxygen atoms in total. The van der Waals surface area contributed by atoms with Crippen molar-refractivity contribution in [1.82, 2.24) is 9.62 Å². The number of sulfonamides is 1. The molecular formula is C19H24N2O4S. The van der Waals surface area contributed by atoms with Crippen molar-refractivity contribution in [2.75, 3.05) is 13.1 Å². The Morgan fingerprint density at radius 1 is 1.19 bits per heavy atom. The smallest absolute Gasteiger partial charge is 0.251 e. The molecule has 0 radical (unpaired) electrons. The molecule has 7 heteroatoms. The van der Waals surface area contributed by atoms with Crippen LogP contribution in [0.25, 0.3) is 0 Å². The number of benzene rings is 1. The van der Waals surface area contributed by atoms with Crippen molar-refractivity contribution in [1.29, 1.82) is 0 Å². The van der Waals surface area contributed by atoms with Crippen LogP contribution in [0.3, 0.4) is 0 Å². The van der Waals surface area contributed by atoms with E-state index in [-0.39, 0.29) is 16.8 Å².